The van der Waals surface area contributed by atoms with Crippen molar-refractivity contribution in [2.45, 2.75) is 84.0 Å². The van der Waals surface area contributed by atoms with Crippen LogP contribution in [0.2, 0.25) is 0 Å². The molecule has 0 aromatic carbocycles. The minimum absolute atomic E-state index is 0.0130. The number of β-lactam (4-membered cyclic amide) rings is 1. The summed E-state index contributed by atoms with van der Waals surface area (Å²) in [5.41, 5.74) is 0.430. The van der Waals surface area contributed by atoms with Crippen LogP contribution in [0.25, 0.3) is 0 Å². The molecule has 238 valence electrons. The van der Waals surface area contributed by atoms with Gasteiger partial charge in [-0.3, -0.25) is 14.9 Å². The monoisotopic (exact) mass is 614 g/mol. The lowest BCUT2D eigenvalue weighted by atomic mass is 9.75. The van der Waals surface area contributed by atoms with Crippen molar-refractivity contribution >= 4 is 35.8 Å². The van der Waals surface area contributed by atoms with Crippen molar-refractivity contribution in [3.8, 4) is 0 Å². The van der Waals surface area contributed by atoms with Gasteiger partial charge in [-0.25, -0.2) is 24.3 Å². The standard InChI is InChI=1S/C28H37F3N4O8/c1-5-41-25(38)21-20(23(36)35(21)26(39)34-22(28(29,30)31)17-9-7-6-8-10-17)16(4)18-11-12-32-19(13-18)33-27(40)43-14-42-24(37)15(2)3/h11-13,15-17,20-22H,5-10,14H2,1-4H3,(H,34,39)(H,32,33,40). The predicted octanol–water partition coefficient (Wildman–Crippen LogP) is 4.50. The third kappa shape index (κ3) is 8.35. The van der Waals surface area contributed by atoms with E-state index in [1.165, 1.54) is 25.3 Å². The fourth-order valence-corrected chi connectivity index (χ4v) is 5.30. The van der Waals surface area contributed by atoms with Crippen LogP contribution in [0, 0.1) is 17.8 Å². The predicted molar refractivity (Wildman–Crippen MR) is 144 cm³/mol. The lowest BCUT2D eigenvalue weighted by molar-refractivity contribution is -0.175. The second-order valence-electron chi connectivity index (χ2n) is 10.9. The number of pyridine rings is 1. The Kier molecular flexibility index (Phi) is 11.3. The lowest BCUT2D eigenvalue weighted by Crippen LogP contribution is -2.71. The molecule has 2 fully saturated rings. The van der Waals surface area contributed by atoms with E-state index in [9.17, 15) is 37.1 Å². The molecule has 0 radical (unpaired) electrons. The molecule has 0 spiro atoms. The molecule has 4 atom stereocenters. The van der Waals surface area contributed by atoms with Crippen molar-refractivity contribution in [3.05, 3.63) is 23.9 Å². The number of hydrogen-bond donors (Lipinski definition) is 2. The molecule has 1 saturated heterocycles. The summed E-state index contributed by atoms with van der Waals surface area (Å²) in [5.74, 6) is -5.44. The van der Waals surface area contributed by atoms with Crippen LogP contribution in [0.1, 0.15) is 71.3 Å². The number of anilines is 1. The highest BCUT2D eigenvalue weighted by molar-refractivity contribution is 6.08. The van der Waals surface area contributed by atoms with Crippen LogP contribution >= 0.6 is 0 Å². The number of carbonyl (C=O) groups excluding carboxylic acids is 5. The van der Waals surface area contributed by atoms with Crippen molar-refractivity contribution in [3.63, 3.8) is 0 Å². The van der Waals surface area contributed by atoms with Gasteiger partial charge >= 0.3 is 30.2 Å². The third-order valence-electron chi connectivity index (χ3n) is 7.58. The van der Waals surface area contributed by atoms with E-state index < -0.39 is 78.7 Å². The van der Waals surface area contributed by atoms with Gasteiger partial charge in [-0.2, -0.15) is 13.2 Å². The number of amides is 4. The summed E-state index contributed by atoms with van der Waals surface area (Å²) < 4.78 is 56.5. The van der Waals surface area contributed by atoms with E-state index >= 15 is 0 Å². The molecule has 1 aliphatic carbocycles. The number of nitrogens with one attached hydrogen (secondary N) is 2. The van der Waals surface area contributed by atoms with Crippen LogP contribution < -0.4 is 10.6 Å². The first-order valence-electron chi connectivity index (χ1n) is 14.2. The highest BCUT2D eigenvalue weighted by Crippen LogP contribution is 2.40. The highest BCUT2D eigenvalue weighted by Gasteiger charge is 2.59. The fourth-order valence-electron chi connectivity index (χ4n) is 5.30. The highest BCUT2D eigenvalue weighted by atomic mass is 19.4. The van der Waals surface area contributed by atoms with Gasteiger partial charge in [-0.1, -0.05) is 40.0 Å². The van der Waals surface area contributed by atoms with E-state index in [1.54, 1.807) is 20.8 Å². The number of imide groups is 1. The van der Waals surface area contributed by atoms with E-state index in [2.05, 4.69) is 10.3 Å². The summed E-state index contributed by atoms with van der Waals surface area (Å²) in [6.07, 6.45) is -1.80. The number of alkyl halides is 3. The molecule has 1 aromatic heterocycles. The normalized spacial score (nSPS) is 20.5. The van der Waals surface area contributed by atoms with Crippen LogP contribution in [0.3, 0.4) is 0 Å². The Morgan fingerprint density at radius 3 is 2.35 bits per heavy atom. The average Bonchev–Trinajstić information content (AvgIpc) is 2.94. The van der Waals surface area contributed by atoms with Crippen LogP contribution in [-0.4, -0.2) is 71.5 Å². The molecule has 43 heavy (non-hydrogen) atoms. The Hall–Kier alpha value is -3.91. The van der Waals surface area contributed by atoms with E-state index in [0.717, 1.165) is 6.42 Å². The van der Waals surface area contributed by atoms with Crippen LogP contribution in [0.4, 0.5) is 28.6 Å². The van der Waals surface area contributed by atoms with Gasteiger partial charge in [-0.15, -0.1) is 0 Å². The summed E-state index contributed by atoms with van der Waals surface area (Å²) in [4.78, 5) is 67.3. The molecule has 2 aliphatic rings. The van der Waals surface area contributed by atoms with Gasteiger partial charge in [0.15, 0.2) is 6.04 Å². The van der Waals surface area contributed by atoms with Crippen molar-refractivity contribution in [1.82, 2.24) is 15.2 Å². The van der Waals surface area contributed by atoms with Gasteiger partial charge < -0.3 is 19.5 Å². The number of esters is 2. The number of rotatable bonds is 10. The molecular formula is C28H37F3N4O8. The molecule has 15 heteroatoms. The number of carbonyl (C=O) groups is 5. The van der Waals surface area contributed by atoms with Gasteiger partial charge in [0.25, 0.3) is 0 Å². The maximum Gasteiger partial charge on any atom is 0.415 e. The van der Waals surface area contributed by atoms with E-state index in [-0.39, 0.29) is 25.3 Å². The SMILES string of the molecule is CCOC(=O)C1C(C(C)c2ccnc(NC(=O)OCOC(=O)C(C)C)c2)C(=O)N1C(=O)NC(C1CCCCC1)C(F)(F)F. The first-order chi connectivity index (χ1) is 20.3. The number of hydrogen-bond acceptors (Lipinski definition) is 9. The molecule has 4 unspecified atom stereocenters. The lowest BCUT2D eigenvalue weighted by Gasteiger charge is -2.47. The van der Waals surface area contributed by atoms with Crippen LogP contribution in [0.15, 0.2) is 18.3 Å². The Balaban J connectivity index is 1.74. The molecule has 2 N–H and O–H groups in total. The van der Waals surface area contributed by atoms with E-state index in [1.807, 2.05) is 5.32 Å². The number of likely N-dealkylation sites (tertiary alicyclic amines) is 1. The average molecular weight is 615 g/mol. The maximum atomic E-state index is 13.9. The number of halogens is 3. The minimum atomic E-state index is -4.74. The number of nitrogens with zero attached hydrogens (tertiary/aromatic N) is 2. The topological polar surface area (TPSA) is 153 Å². The maximum absolute atomic E-state index is 13.9. The Morgan fingerprint density at radius 2 is 1.74 bits per heavy atom. The van der Waals surface area contributed by atoms with Gasteiger partial charge in [0.05, 0.1) is 18.4 Å². The molecule has 1 aliphatic heterocycles. The summed E-state index contributed by atoms with van der Waals surface area (Å²) in [5, 5.41) is 4.33. The fraction of sp³-hybridized carbons (Fsp3) is 0.643. The Labute approximate surface area is 247 Å². The first kappa shape index (κ1) is 33.6. The zero-order valence-electron chi connectivity index (χ0n) is 24.4. The molecule has 4 amide bonds. The van der Waals surface area contributed by atoms with Crippen molar-refractivity contribution in [1.29, 1.82) is 0 Å². The third-order valence-corrected chi connectivity index (χ3v) is 7.58. The molecule has 1 aromatic rings. The smallest absolute Gasteiger partial charge is 0.415 e. The molecule has 12 nitrogen and oxygen atoms in total. The number of urea groups is 1. The zero-order chi connectivity index (χ0) is 31.9. The number of ether oxygens (including phenoxy) is 3. The second-order valence-corrected chi connectivity index (χ2v) is 10.9. The summed E-state index contributed by atoms with van der Waals surface area (Å²) >= 11 is 0. The van der Waals surface area contributed by atoms with Gasteiger partial charge in [0.2, 0.25) is 12.7 Å². The Morgan fingerprint density at radius 1 is 1.07 bits per heavy atom. The van der Waals surface area contributed by atoms with Crippen molar-refractivity contribution in [2.24, 2.45) is 17.8 Å². The van der Waals surface area contributed by atoms with Crippen molar-refractivity contribution in [2.75, 3.05) is 18.7 Å². The molecule has 1 saturated carbocycles. The summed E-state index contributed by atoms with van der Waals surface area (Å²) in [7, 11) is 0. The molecule has 0 bridgehead atoms. The Bertz CT molecular complexity index is 1190. The second kappa shape index (κ2) is 14.5. The van der Waals surface area contributed by atoms with E-state index in [0.29, 0.717) is 23.3 Å². The zero-order valence-corrected chi connectivity index (χ0v) is 24.4. The van der Waals surface area contributed by atoms with Gasteiger partial charge in [0.1, 0.15) is 11.9 Å². The molecular weight excluding hydrogens is 577 g/mol. The van der Waals surface area contributed by atoms with Gasteiger partial charge in [-0.05, 0) is 49.3 Å². The minimum Gasteiger partial charge on any atom is -0.464 e. The van der Waals surface area contributed by atoms with Crippen LogP contribution in [-0.2, 0) is 28.6 Å². The largest absolute Gasteiger partial charge is 0.464 e. The molecule has 3 rings (SSSR count). The van der Waals surface area contributed by atoms with Crippen molar-refractivity contribution < 1.29 is 51.4 Å². The van der Waals surface area contributed by atoms with Gasteiger partial charge in [0, 0.05) is 6.20 Å². The summed E-state index contributed by atoms with van der Waals surface area (Å²) in [6.45, 7) is 5.64. The summed E-state index contributed by atoms with van der Waals surface area (Å²) in [6, 6.07) is -2.00. The van der Waals surface area contributed by atoms with E-state index in [4.69, 9.17) is 14.2 Å². The van der Waals surface area contributed by atoms with Crippen LogP contribution in [0.5, 0.6) is 0 Å². The molecule has 2 heterocycles. The first-order valence-corrected chi connectivity index (χ1v) is 14.2. The number of aromatic nitrogens is 1. The quantitative estimate of drug-likeness (QED) is 0.220.